The molecule has 0 aliphatic carbocycles. The maximum atomic E-state index is 12.9. The van der Waals surface area contributed by atoms with Crippen LogP contribution in [-0.2, 0) is 10.0 Å². The molecule has 3 aromatic rings. The van der Waals surface area contributed by atoms with E-state index in [2.05, 4.69) is 15.3 Å². The second kappa shape index (κ2) is 8.59. The van der Waals surface area contributed by atoms with Gasteiger partial charge in [0.1, 0.15) is 10.7 Å². The summed E-state index contributed by atoms with van der Waals surface area (Å²) in [5.41, 5.74) is 1.78. The smallest absolute Gasteiger partial charge is 0.244 e. The summed E-state index contributed by atoms with van der Waals surface area (Å²) in [6, 6.07) is 18.2. The lowest BCUT2D eigenvalue weighted by Gasteiger charge is -2.34. The molecule has 4 rings (SSSR count). The van der Waals surface area contributed by atoms with Crippen LogP contribution in [0.3, 0.4) is 0 Å². The maximum Gasteiger partial charge on any atom is 0.244 e. The molecule has 1 N–H and O–H groups in total. The third kappa shape index (κ3) is 4.40. The second-order valence-corrected chi connectivity index (χ2v) is 9.32. The van der Waals surface area contributed by atoms with Crippen molar-refractivity contribution in [1.29, 1.82) is 0 Å². The molecule has 0 spiro atoms. The summed E-state index contributed by atoms with van der Waals surface area (Å²) in [4.78, 5) is 11.3. The fourth-order valence-corrected chi connectivity index (χ4v) is 5.26. The average Bonchev–Trinajstić information content (AvgIpc) is 2.74. The Bertz CT molecular complexity index is 1130. The number of aryl methyl sites for hydroxylation is 1. The zero-order chi connectivity index (χ0) is 21.1. The van der Waals surface area contributed by atoms with Crippen LogP contribution in [0.2, 0.25) is 5.02 Å². The number of hydrogen-bond donors (Lipinski definition) is 1. The Labute approximate surface area is 181 Å². The molecule has 7 nitrogen and oxygen atoms in total. The number of nitrogens with zero attached hydrogens (tertiary/aromatic N) is 4. The largest absolute Gasteiger partial charge is 0.340 e. The first kappa shape index (κ1) is 20.6. The number of anilines is 3. The highest BCUT2D eigenvalue weighted by molar-refractivity contribution is 7.89. The quantitative estimate of drug-likeness (QED) is 0.647. The summed E-state index contributed by atoms with van der Waals surface area (Å²) in [5.74, 6) is 1.29. The molecule has 1 saturated heterocycles. The van der Waals surface area contributed by atoms with Crippen LogP contribution in [0.15, 0.2) is 65.6 Å². The molecule has 1 aromatic heterocycles. The van der Waals surface area contributed by atoms with Gasteiger partial charge in [0.05, 0.1) is 5.02 Å². The van der Waals surface area contributed by atoms with Crippen LogP contribution in [0.25, 0.3) is 0 Å². The molecule has 0 saturated carbocycles. The number of sulfonamides is 1. The molecule has 1 aliphatic heterocycles. The molecule has 0 bridgehead atoms. The standard InChI is InChI=1S/C21H22ClN5O2S/c1-16-15-20(24-17-7-3-2-4-8-17)25-21(23-16)26-11-13-27(14-12-26)30(28,29)19-10-6-5-9-18(19)22/h2-10,15H,11-14H2,1H3,(H,23,24,25). The van der Waals surface area contributed by atoms with Crippen molar-refractivity contribution in [1.82, 2.24) is 14.3 Å². The molecule has 0 unspecified atom stereocenters. The van der Waals surface area contributed by atoms with E-state index in [1.54, 1.807) is 18.2 Å². The van der Waals surface area contributed by atoms with Crippen LogP contribution in [0.4, 0.5) is 17.5 Å². The Morgan fingerprint density at radius 2 is 1.60 bits per heavy atom. The number of piperazine rings is 1. The summed E-state index contributed by atoms with van der Waals surface area (Å²) in [7, 11) is -3.63. The highest BCUT2D eigenvalue weighted by Gasteiger charge is 2.30. The number of benzene rings is 2. The third-order valence-corrected chi connectivity index (χ3v) is 7.26. The van der Waals surface area contributed by atoms with E-state index >= 15 is 0 Å². The highest BCUT2D eigenvalue weighted by atomic mass is 35.5. The predicted molar refractivity (Wildman–Crippen MR) is 119 cm³/mol. The SMILES string of the molecule is Cc1cc(Nc2ccccc2)nc(N2CCN(S(=O)(=O)c3ccccc3Cl)CC2)n1. The van der Waals surface area contributed by atoms with Crippen molar-refractivity contribution in [3.05, 3.63) is 71.4 Å². The Kier molecular flexibility index (Phi) is 5.90. The lowest BCUT2D eigenvalue weighted by Crippen LogP contribution is -2.49. The molecule has 0 radical (unpaired) electrons. The Hall–Kier alpha value is -2.68. The molecule has 30 heavy (non-hydrogen) atoms. The summed E-state index contributed by atoms with van der Waals surface area (Å²) in [5, 5.41) is 3.52. The van der Waals surface area contributed by atoms with Crippen molar-refractivity contribution >= 4 is 39.1 Å². The van der Waals surface area contributed by atoms with Gasteiger partial charge in [0, 0.05) is 43.6 Å². The van der Waals surface area contributed by atoms with Crippen LogP contribution in [-0.4, -0.2) is 48.9 Å². The van der Waals surface area contributed by atoms with Gasteiger partial charge < -0.3 is 10.2 Å². The van der Waals surface area contributed by atoms with E-state index in [1.807, 2.05) is 48.2 Å². The van der Waals surface area contributed by atoms with Crippen LogP contribution in [0, 0.1) is 6.92 Å². The number of hydrogen-bond acceptors (Lipinski definition) is 6. The van der Waals surface area contributed by atoms with Crippen LogP contribution < -0.4 is 10.2 Å². The summed E-state index contributed by atoms with van der Waals surface area (Å²) < 4.78 is 27.4. The molecular formula is C21H22ClN5O2S. The van der Waals surface area contributed by atoms with E-state index in [1.165, 1.54) is 10.4 Å². The van der Waals surface area contributed by atoms with E-state index in [0.29, 0.717) is 37.9 Å². The first-order valence-corrected chi connectivity index (χ1v) is 11.4. The van der Waals surface area contributed by atoms with Crippen LogP contribution in [0.5, 0.6) is 0 Å². The molecule has 1 fully saturated rings. The summed E-state index contributed by atoms with van der Waals surface area (Å²) in [6.07, 6.45) is 0. The predicted octanol–water partition coefficient (Wildman–Crippen LogP) is 3.69. The molecule has 0 atom stereocenters. The van der Waals surface area contributed by atoms with E-state index in [9.17, 15) is 8.42 Å². The van der Waals surface area contributed by atoms with Gasteiger partial charge in [0.2, 0.25) is 16.0 Å². The van der Waals surface area contributed by atoms with Gasteiger partial charge in [0.25, 0.3) is 0 Å². The van der Waals surface area contributed by atoms with Crippen molar-refractivity contribution in [3.63, 3.8) is 0 Å². The fourth-order valence-electron chi connectivity index (χ4n) is 3.35. The lowest BCUT2D eigenvalue weighted by molar-refractivity contribution is 0.382. The first-order chi connectivity index (χ1) is 14.4. The molecule has 156 valence electrons. The summed E-state index contributed by atoms with van der Waals surface area (Å²) in [6.45, 7) is 3.59. The van der Waals surface area contributed by atoms with E-state index < -0.39 is 10.0 Å². The molecule has 1 aliphatic rings. The van der Waals surface area contributed by atoms with Crippen LogP contribution >= 0.6 is 11.6 Å². The summed E-state index contributed by atoms with van der Waals surface area (Å²) >= 11 is 6.11. The van der Waals surface area contributed by atoms with Gasteiger partial charge in [-0.2, -0.15) is 9.29 Å². The Balaban J connectivity index is 1.48. The fraction of sp³-hybridized carbons (Fsp3) is 0.238. The minimum atomic E-state index is -3.63. The number of rotatable bonds is 5. The molecular weight excluding hydrogens is 422 g/mol. The van der Waals surface area contributed by atoms with Crippen LogP contribution in [0.1, 0.15) is 5.69 Å². The Morgan fingerprint density at radius 1 is 0.933 bits per heavy atom. The van der Waals surface area contributed by atoms with Gasteiger partial charge in [-0.15, -0.1) is 0 Å². The minimum absolute atomic E-state index is 0.140. The zero-order valence-corrected chi connectivity index (χ0v) is 18.1. The van der Waals surface area contributed by atoms with E-state index in [4.69, 9.17) is 11.6 Å². The van der Waals surface area contributed by atoms with Crippen molar-refractivity contribution in [2.24, 2.45) is 0 Å². The van der Waals surface area contributed by atoms with Crippen molar-refractivity contribution in [2.45, 2.75) is 11.8 Å². The minimum Gasteiger partial charge on any atom is -0.340 e. The monoisotopic (exact) mass is 443 g/mol. The van der Waals surface area contributed by atoms with Gasteiger partial charge in [-0.05, 0) is 31.2 Å². The highest BCUT2D eigenvalue weighted by Crippen LogP contribution is 2.26. The van der Waals surface area contributed by atoms with E-state index in [-0.39, 0.29) is 9.92 Å². The second-order valence-electron chi connectivity index (χ2n) is 7.01. The number of halogens is 1. The number of nitrogens with one attached hydrogen (secondary N) is 1. The van der Waals surface area contributed by atoms with Crippen molar-refractivity contribution in [3.8, 4) is 0 Å². The van der Waals surface area contributed by atoms with Gasteiger partial charge >= 0.3 is 0 Å². The zero-order valence-electron chi connectivity index (χ0n) is 16.5. The number of para-hydroxylation sites is 1. The first-order valence-electron chi connectivity index (χ1n) is 9.61. The van der Waals surface area contributed by atoms with Gasteiger partial charge in [-0.25, -0.2) is 13.4 Å². The maximum absolute atomic E-state index is 12.9. The Morgan fingerprint density at radius 3 is 2.30 bits per heavy atom. The molecule has 9 heteroatoms. The average molecular weight is 444 g/mol. The topological polar surface area (TPSA) is 78.4 Å². The molecule has 0 amide bonds. The van der Waals surface area contributed by atoms with Gasteiger partial charge in [-0.1, -0.05) is 41.9 Å². The van der Waals surface area contributed by atoms with Gasteiger partial charge in [-0.3, -0.25) is 0 Å². The van der Waals surface area contributed by atoms with E-state index in [0.717, 1.165) is 11.4 Å². The van der Waals surface area contributed by atoms with Crippen molar-refractivity contribution < 1.29 is 8.42 Å². The third-order valence-electron chi connectivity index (χ3n) is 4.86. The molecule has 2 aromatic carbocycles. The normalized spacial score (nSPS) is 15.2. The molecule has 2 heterocycles. The lowest BCUT2D eigenvalue weighted by atomic mass is 10.3. The van der Waals surface area contributed by atoms with Crippen molar-refractivity contribution in [2.75, 3.05) is 36.4 Å². The number of aromatic nitrogens is 2. The van der Waals surface area contributed by atoms with Gasteiger partial charge in [0.15, 0.2) is 0 Å².